The Morgan fingerprint density at radius 1 is 1.24 bits per heavy atom. The summed E-state index contributed by atoms with van der Waals surface area (Å²) in [6.45, 7) is 0.834. The standard InChI is InChI=1S/C16H16N2O2S/c19-15(12-20-14-4-2-1-3-5-14)18-10-11-21-16(18)13-6-8-17-9-7-13/h1-9,16H,10-12H2. The van der Waals surface area contributed by atoms with E-state index in [1.165, 1.54) is 0 Å². The van der Waals surface area contributed by atoms with Crippen LogP contribution in [0.2, 0.25) is 0 Å². The van der Waals surface area contributed by atoms with Gasteiger partial charge in [-0.05, 0) is 29.8 Å². The second-order valence-electron chi connectivity index (χ2n) is 4.69. The van der Waals surface area contributed by atoms with Crippen molar-refractivity contribution in [3.05, 3.63) is 60.4 Å². The van der Waals surface area contributed by atoms with Crippen molar-refractivity contribution in [3.8, 4) is 5.75 Å². The van der Waals surface area contributed by atoms with E-state index in [9.17, 15) is 4.79 Å². The molecule has 1 amide bonds. The zero-order chi connectivity index (χ0) is 14.5. The van der Waals surface area contributed by atoms with E-state index in [2.05, 4.69) is 4.98 Å². The predicted octanol–water partition coefficient (Wildman–Crippen LogP) is 2.73. The van der Waals surface area contributed by atoms with E-state index in [4.69, 9.17) is 4.74 Å². The van der Waals surface area contributed by atoms with Crippen LogP contribution >= 0.6 is 11.8 Å². The number of rotatable bonds is 4. The molecule has 1 fully saturated rings. The van der Waals surface area contributed by atoms with Gasteiger partial charge in [0.25, 0.3) is 5.91 Å². The van der Waals surface area contributed by atoms with E-state index in [1.54, 1.807) is 24.2 Å². The molecule has 1 aromatic heterocycles. The second-order valence-corrected chi connectivity index (χ2v) is 5.88. The topological polar surface area (TPSA) is 42.4 Å². The van der Waals surface area contributed by atoms with E-state index in [1.807, 2.05) is 47.4 Å². The molecule has 1 aliphatic rings. The average molecular weight is 300 g/mol. The van der Waals surface area contributed by atoms with E-state index >= 15 is 0 Å². The van der Waals surface area contributed by atoms with Crippen molar-refractivity contribution in [1.29, 1.82) is 0 Å². The highest BCUT2D eigenvalue weighted by molar-refractivity contribution is 7.99. The highest BCUT2D eigenvalue weighted by Crippen LogP contribution is 2.37. The van der Waals surface area contributed by atoms with Crippen molar-refractivity contribution in [2.24, 2.45) is 0 Å². The van der Waals surface area contributed by atoms with E-state index in [0.29, 0.717) is 0 Å². The normalized spacial score (nSPS) is 17.7. The minimum atomic E-state index is 0.0191. The van der Waals surface area contributed by atoms with E-state index in [-0.39, 0.29) is 17.9 Å². The quantitative estimate of drug-likeness (QED) is 0.871. The molecule has 0 saturated carbocycles. The number of carbonyl (C=O) groups is 1. The Hall–Kier alpha value is -2.01. The van der Waals surface area contributed by atoms with Gasteiger partial charge in [0.15, 0.2) is 6.61 Å². The lowest BCUT2D eigenvalue weighted by Crippen LogP contribution is -2.34. The van der Waals surface area contributed by atoms with Crippen LogP contribution in [0.15, 0.2) is 54.9 Å². The summed E-state index contributed by atoms with van der Waals surface area (Å²) in [5, 5.41) is 0.0693. The lowest BCUT2D eigenvalue weighted by Gasteiger charge is -2.24. The highest BCUT2D eigenvalue weighted by Gasteiger charge is 2.30. The molecule has 1 saturated heterocycles. The number of hydrogen-bond donors (Lipinski definition) is 0. The number of nitrogens with zero attached hydrogens (tertiary/aromatic N) is 2. The Bertz CT molecular complexity index is 592. The molecule has 3 rings (SSSR count). The summed E-state index contributed by atoms with van der Waals surface area (Å²) in [7, 11) is 0. The van der Waals surface area contributed by atoms with Crippen molar-refractivity contribution in [2.45, 2.75) is 5.37 Å². The molecule has 0 bridgehead atoms. The number of hydrogen-bond acceptors (Lipinski definition) is 4. The molecule has 0 spiro atoms. The molecule has 0 aliphatic carbocycles. The fraction of sp³-hybridized carbons (Fsp3) is 0.250. The van der Waals surface area contributed by atoms with Gasteiger partial charge in [-0.15, -0.1) is 11.8 Å². The number of pyridine rings is 1. The van der Waals surface area contributed by atoms with Crippen LogP contribution in [0.4, 0.5) is 0 Å². The maximum atomic E-state index is 12.4. The number of thioether (sulfide) groups is 1. The Morgan fingerprint density at radius 3 is 2.76 bits per heavy atom. The molecule has 4 nitrogen and oxygen atoms in total. The van der Waals surface area contributed by atoms with E-state index < -0.39 is 0 Å². The molecule has 21 heavy (non-hydrogen) atoms. The van der Waals surface area contributed by atoms with Crippen molar-refractivity contribution in [3.63, 3.8) is 0 Å². The number of ether oxygens (including phenoxy) is 1. The smallest absolute Gasteiger partial charge is 0.261 e. The highest BCUT2D eigenvalue weighted by atomic mass is 32.2. The van der Waals surface area contributed by atoms with Crippen LogP contribution in [0, 0.1) is 0 Å². The fourth-order valence-electron chi connectivity index (χ4n) is 2.27. The average Bonchev–Trinajstić information content (AvgIpc) is 3.04. The fourth-order valence-corrected chi connectivity index (χ4v) is 3.55. The first kappa shape index (κ1) is 13.9. The van der Waals surface area contributed by atoms with Gasteiger partial charge in [0, 0.05) is 24.7 Å². The van der Waals surface area contributed by atoms with Gasteiger partial charge in [-0.3, -0.25) is 9.78 Å². The molecular formula is C16H16N2O2S. The SMILES string of the molecule is O=C(COc1ccccc1)N1CCSC1c1ccncc1. The minimum absolute atomic E-state index is 0.0191. The number of benzene rings is 1. The monoisotopic (exact) mass is 300 g/mol. The molecule has 1 aliphatic heterocycles. The van der Waals surface area contributed by atoms with Gasteiger partial charge < -0.3 is 9.64 Å². The first-order valence-electron chi connectivity index (χ1n) is 6.83. The lowest BCUT2D eigenvalue weighted by atomic mass is 10.2. The molecule has 2 aromatic rings. The Labute approximate surface area is 128 Å². The number of para-hydroxylation sites is 1. The van der Waals surface area contributed by atoms with Crippen molar-refractivity contribution < 1.29 is 9.53 Å². The van der Waals surface area contributed by atoms with Crippen molar-refractivity contribution >= 4 is 17.7 Å². The lowest BCUT2D eigenvalue weighted by molar-refractivity contribution is -0.133. The summed E-state index contributed by atoms with van der Waals surface area (Å²) < 4.78 is 5.55. The zero-order valence-corrected chi connectivity index (χ0v) is 12.3. The van der Waals surface area contributed by atoms with Gasteiger partial charge in [0.2, 0.25) is 0 Å². The van der Waals surface area contributed by atoms with Crippen molar-refractivity contribution in [2.75, 3.05) is 18.9 Å². The first-order chi connectivity index (χ1) is 10.3. The van der Waals surface area contributed by atoms with E-state index in [0.717, 1.165) is 23.6 Å². The summed E-state index contributed by atoms with van der Waals surface area (Å²) in [4.78, 5) is 18.3. The van der Waals surface area contributed by atoms with Crippen LogP contribution in [0.1, 0.15) is 10.9 Å². The van der Waals surface area contributed by atoms with Gasteiger partial charge >= 0.3 is 0 Å². The molecular weight excluding hydrogens is 284 g/mol. The van der Waals surface area contributed by atoms with Crippen LogP contribution in [0.3, 0.4) is 0 Å². The largest absolute Gasteiger partial charge is 0.484 e. The third-order valence-electron chi connectivity index (χ3n) is 3.31. The van der Waals surface area contributed by atoms with Gasteiger partial charge in [-0.2, -0.15) is 0 Å². The summed E-state index contributed by atoms with van der Waals surface area (Å²) >= 11 is 1.78. The van der Waals surface area contributed by atoms with Crippen molar-refractivity contribution in [1.82, 2.24) is 9.88 Å². The number of amides is 1. The van der Waals surface area contributed by atoms with Crippen LogP contribution in [-0.4, -0.2) is 34.7 Å². The molecule has 1 atom stereocenters. The van der Waals surface area contributed by atoms with Crippen LogP contribution in [0.5, 0.6) is 5.75 Å². The number of aromatic nitrogens is 1. The molecule has 0 radical (unpaired) electrons. The summed E-state index contributed by atoms with van der Waals surface area (Å²) in [5.74, 6) is 1.69. The molecule has 0 N–H and O–H groups in total. The molecule has 1 aromatic carbocycles. The minimum Gasteiger partial charge on any atom is -0.484 e. The van der Waals surface area contributed by atoms with Crippen LogP contribution in [-0.2, 0) is 4.79 Å². The van der Waals surface area contributed by atoms with Crippen LogP contribution < -0.4 is 4.74 Å². The van der Waals surface area contributed by atoms with Gasteiger partial charge in [0.1, 0.15) is 11.1 Å². The Balaban J connectivity index is 1.64. The molecule has 108 valence electrons. The summed E-state index contributed by atoms with van der Waals surface area (Å²) in [6.07, 6.45) is 3.52. The Kier molecular flexibility index (Phi) is 4.40. The molecule has 1 unspecified atom stereocenters. The number of carbonyl (C=O) groups excluding carboxylic acids is 1. The summed E-state index contributed by atoms with van der Waals surface area (Å²) in [5.41, 5.74) is 1.11. The summed E-state index contributed by atoms with van der Waals surface area (Å²) in [6, 6.07) is 13.3. The maximum absolute atomic E-state index is 12.4. The zero-order valence-electron chi connectivity index (χ0n) is 11.5. The first-order valence-corrected chi connectivity index (χ1v) is 7.88. The Morgan fingerprint density at radius 2 is 2.00 bits per heavy atom. The maximum Gasteiger partial charge on any atom is 0.261 e. The predicted molar refractivity (Wildman–Crippen MR) is 83.1 cm³/mol. The molecule has 5 heteroatoms. The van der Waals surface area contributed by atoms with Gasteiger partial charge in [-0.1, -0.05) is 18.2 Å². The third kappa shape index (κ3) is 3.36. The third-order valence-corrected chi connectivity index (χ3v) is 4.57. The second kappa shape index (κ2) is 6.63. The molecule has 2 heterocycles. The van der Waals surface area contributed by atoms with Gasteiger partial charge in [-0.25, -0.2) is 0 Å². The van der Waals surface area contributed by atoms with Crippen LogP contribution in [0.25, 0.3) is 0 Å². The van der Waals surface area contributed by atoms with Gasteiger partial charge in [0.05, 0.1) is 0 Å².